The first kappa shape index (κ1) is 27.8. The lowest BCUT2D eigenvalue weighted by Crippen LogP contribution is -1.91. The summed E-state index contributed by atoms with van der Waals surface area (Å²) < 4.78 is 0. The van der Waals surface area contributed by atoms with E-state index in [2.05, 4.69) is 143 Å². The lowest BCUT2D eigenvalue weighted by molar-refractivity contribution is 1.18. The second-order valence-corrected chi connectivity index (χ2v) is 11.9. The topological polar surface area (TPSA) is 51.6 Å². The zero-order chi connectivity index (χ0) is 31.9. The largest absolute Gasteiger partial charge is 0.245 e. The molecule has 4 heteroatoms. The summed E-state index contributed by atoms with van der Waals surface area (Å²) in [6.07, 6.45) is 3.54. The van der Waals surface area contributed by atoms with E-state index in [1.165, 1.54) is 27.5 Å². The van der Waals surface area contributed by atoms with Crippen LogP contribution in [0.5, 0.6) is 0 Å². The third kappa shape index (κ3) is 4.97. The summed E-state index contributed by atoms with van der Waals surface area (Å²) in [4.78, 5) is 19.0. The molecular formula is C44H28N4. The summed E-state index contributed by atoms with van der Waals surface area (Å²) in [5, 5.41) is 4.59. The zero-order valence-electron chi connectivity index (χ0n) is 26.0. The van der Waals surface area contributed by atoms with Gasteiger partial charge in [0.25, 0.3) is 0 Å². The maximum absolute atomic E-state index is 5.16. The van der Waals surface area contributed by atoms with Crippen molar-refractivity contribution >= 4 is 32.6 Å². The molecule has 0 N–H and O–H groups in total. The van der Waals surface area contributed by atoms with Crippen LogP contribution in [-0.4, -0.2) is 19.9 Å². The van der Waals surface area contributed by atoms with E-state index in [0.29, 0.717) is 0 Å². The number of nitrogens with zero attached hydrogens (tertiary/aromatic N) is 4. The molecule has 0 aliphatic rings. The quantitative estimate of drug-likeness (QED) is 0.181. The molecule has 0 saturated heterocycles. The molecule has 0 amide bonds. The Morgan fingerprint density at radius 3 is 1.29 bits per heavy atom. The molecule has 0 unspecified atom stereocenters. The fourth-order valence-corrected chi connectivity index (χ4v) is 6.57. The Bertz CT molecular complexity index is 2580. The molecular weight excluding hydrogens is 585 g/mol. The van der Waals surface area contributed by atoms with Crippen LogP contribution in [0.15, 0.2) is 170 Å². The summed E-state index contributed by atoms with van der Waals surface area (Å²) >= 11 is 0. The average molecular weight is 613 g/mol. The molecule has 9 rings (SSSR count). The van der Waals surface area contributed by atoms with Gasteiger partial charge in [0.05, 0.1) is 22.4 Å². The smallest absolute Gasteiger partial charge is 0.159 e. The normalized spacial score (nSPS) is 11.3. The SMILES string of the molecule is c1ccc(-c2ccc3ccc4ccc(-c5ccc(-c6ccc(-c7ccc(-c8ncccn8)cc7)c7ccccc67)cc5)nc4c3n2)cc1. The van der Waals surface area contributed by atoms with Crippen molar-refractivity contribution in [1.29, 1.82) is 0 Å². The summed E-state index contributed by atoms with van der Waals surface area (Å²) in [6.45, 7) is 0. The summed E-state index contributed by atoms with van der Waals surface area (Å²) in [5.74, 6) is 0.730. The Balaban J connectivity index is 1.07. The van der Waals surface area contributed by atoms with Gasteiger partial charge < -0.3 is 0 Å². The van der Waals surface area contributed by atoms with Gasteiger partial charge in [-0.25, -0.2) is 19.9 Å². The van der Waals surface area contributed by atoms with Crippen molar-refractivity contribution in [3.63, 3.8) is 0 Å². The zero-order valence-corrected chi connectivity index (χ0v) is 26.0. The van der Waals surface area contributed by atoms with Gasteiger partial charge in [-0.15, -0.1) is 0 Å². The molecule has 0 fully saturated rings. The predicted octanol–water partition coefficient (Wildman–Crippen LogP) is 11.1. The van der Waals surface area contributed by atoms with E-state index in [-0.39, 0.29) is 0 Å². The third-order valence-corrected chi connectivity index (χ3v) is 9.02. The van der Waals surface area contributed by atoms with Gasteiger partial charge in [-0.05, 0) is 51.2 Å². The molecule has 3 heterocycles. The standard InChI is InChI=1S/C44H28N4/c1-2-7-31(8-3-1)40-25-21-33-17-18-34-22-26-41(48-43(34)42(33)47-40)32-15-11-29(12-16-32)36-23-24-37(39-10-5-4-9-38(36)39)30-13-19-35(20-14-30)44-45-27-6-28-46-44/h1-28H. The van der Waals surface area contributed by atoms with Gasteiger partial charge in [-0.3, -0.25) is 0 Å². The molecule has 0 aliphatic carbocycles. The third-order valence-electron chi connectivity index (χ3n) is 9.02. The van der Waals surface area contributed by atoms with Crippen LogP contribution in [0, 0.1) is 0 Å². The van der Waals surface area contributed by atoms with Crippen molar-refractivity contribution in [3.05, 3.63) is 170 Å². The molecule has 224 valence electrons. The van der Waals surface area contributed by atoms with E-state index < -0.39 is 0 Å². The molecule has 4 nitrogen and oxygen atoms in total. The molecule has 0 aliphatic heterocycles. The maximum Gasteiger partial charge on any atom is 0.159 e. The number of fused-ring (bicyclic) bond motifs is 4. The van der Waals surface area contributed by atoms with Crippen molar-refractivity contribution in [1.82, 2.24) is 19.9 Å². The second-order valence-electron chi connectivity index (χ2n) is 11.9. The molecule has 0 atom stereocenters. The lowest BCUT2D eigenvalue weighted by Gasteiger charge is -2.13. The minimum Gasteiger partial charge on any atom is -0.245 e. The van der Waals surface area contributed by atoms with Gasteiger partial charge in [0.15, 0.2) is 5.82 Å². The van der Waals surface area contributed by atoms with Gasteiger partial charge in [0, 0.05) is 39.9 Å². The first-order valence-corrected chi connectivity index (χ1v) is 16.0. The summed E-state index contributed by atoms with van der Waals surface area (Å²) in [5.41, 5.74) is 11.6. The van der Waals surface area contributed by atoms with E-state index in [1.54, 1.807) is 12.4 Å². The van der Waals surface area contributed by atoms with Gasteiger partial charge in [0.2, 0.25) is 0 Å². The van der Waals surface area contributed by atoms with E-state index in [1.807, 2.05) is 24.3 Å². The van der Waals surface area contributed by atoms with Crippen LogP contribution in [-0.2, 0) is 0 Å². The van der Waals surface area contributed by atoms with E-state index in [9.17, 15) is 0 Å². The van der Waals surface area contributed by atoms with Crippen molar-refractivity contribution in [3.8, 4) is 56.2 Å². The number of hydrogen-bond acceptors (Lipinski definition) is 4. The van der Waals surface area contributed by atoms with Gasteiger partial charge >= 0.3 is 0 Å². The first-order chi connectivity index (χ1) is 23.8. The van der Waals surface area contributed by atoms with Gasteiger partial charge in [0.1, 0.15) is 0 Å². The fourth-order valence-electron chi connectivity index (χ4n) is 6.57. The Hall–Kier alpha value is -6.52. The molecule has 0 saturated carbocycles. The van der Waals surface area contributed by atoms with Gasteiger partial charge in [-0.1, -0.05) is 140 Å². The van der Waals surface area contributed by atoms with Crippen LogP contribution in [0.2, 0.25) is 0 Å². The van der Waals surface area contributed by atoms with Crippen LogP contribution in [0.4, 0.5) is 0 Å². The van der Waals surface area contributed by atoms with Crippen molar-refractivity contribution in [2.24, 2.45) is 0 Å². The molecule has 0 spiro atoms. The lowest BCUT2D eigenvalue weighted by atomic mass is 9.91. The highest BCUT2D eigenvalue weighted by atomic mass is 14.8. The molecule has 48 heavy (non-hydrogen) atoms. The molecule has 9 aromatic rings. The Kier molecular flexibility index (Phi) is 6.76. The number of rotatable bonds is 5. The molecule has 0 bridgehead atoms. The van der Waals surface area contributed by atoms with Crippen LogP contribution in [0.3, 0.4) is 0 Å². The summed E-state index contributed by atoms with van der Waals surface area (Å²) in [7, 11) is 0. The number of pyridine rings is 2. The first-order valence-electron chi connectivity index (χ1n) is 16.0. The fraction of sp³-hybridized carbons (Fsp3) is 0. The Morgan fingerprint density at radius 1 is 0.312 bits per heavy atom. The van der Waals surface area contributed by atoms with Crippen LogP contribution in [0.25, 0.3) is 88.7 Å². The number of benzene rings is 6. The average Bonchev–Trinajstić information content (AvgIpc) is 3.18. The van der Waals surface area contributed by atoms with Crippen molar-refractivity contribution in [2.75, 3.05) is 0 Å². The van der Waals surface area contributed by atoms with E-state index in [0.717, 1.165) is 61.3 Å². The maximum atomic E-state index is 5.16. The van der Waals surface area contributed by atoms with E-state index in [4.69, 9.17) is 9.97 Å². The van der Waals surface area contributed by atoms with Crippen LogP contribution in [0.1, 0.15) is 0 Å². The van der Waals surface area contributed by atoms with Crippen molar-refractivity contribution < 1.29 is 0 Å². The van der Waals surface area contributed by atoms with E-state index >= 15 is 0 Å². The predicted molar refractivity (Wildman–Crippen MR) is 197 cm³/mol. The van der Waals surface area contributed by atoms with Crippen LogP contribution < -0.4 is 0 Å². The minimum atomic E-state index is 0.730. The number of aromatic nitrogens is 4. The van der Waals surface area contributed by atoms with Gasteiger partial charge in [-0.2, -0.15) is 0 Å². The second kappa shape index (κ2) is 11.7. The number of hydrogen-bond donors (Lipinski definition) is 0. The highest BCUT2D eigenvalue weighted by Gasteiger charge is 2.12. The van der Waals surface area contributed by atoms with Crippen LogP contribution >= 0.6 is 0 Å². The minimum absolute atomic E-state index is 0.730. The Labute approximate surface area is 278 Å². The highest BCUT2D eigenvalue weighted by Crippen LogP contribution is 2.37. The Morgan fingerprint density at radius 2 is 0.750 bits per heavy atom. The molecule has 6 aromatic carbocycles. The summed E-state index contributed by atoms with van der Waals surface area (Å²) in [6, 6.07) is 55.2. The monoisotopic (exact) mass is 612 g/mol. The highest BCUT2D eigenvalue weighted by molar-refractivity contribution is 6.06. The molecule has 0 radical (unpaired) electrons. The van der Waals surface area contributed by atoms with Crippen molar-refractivity contribution in [2.45, 2.75) is 0 Å². The molecule has 3 aromatic heterocycles.